The highest BCUT2D eigenvalue weighted by molar-refractivity contribution is 8.00. The molecular formula is C16H26N2OS. The van der Waals surface area contributed by atoms with Gasteiger partial charge in [0.25, 0.3) is 5.91 Å². The van der Waals surface area contributed by atoms with E-state index < -0.39 is 0 Å². The molecule has 1 aromatic carbocycles. The summed E-state index contributed by atoms with van der Waals surface area (Å²) >= 11 is 1.84. The lowest BCUT2D eigenvalue weighted by Gasteiger charge is -2.30. The SMILES string of the molecule is CCC(CC)(CNC(=O)c1cc(C)ccc1NC)SC. The number of rotatable bonds is 7. The Hall–Kier alpha value is -1.16. The van der Waals surface area contributed by atoms with Crippen molar-refractivity contribution in [1.29, 1.82) is 0 Å². The van der Waals surface area contributed by atoms with Gasteiger partial charge in [-0.15, -0.1) is 0 Å². The molecular weight excluding hydrogens is 268 g/mol. The van der Waals surface area contributed by atoms with Crippen LogP contribution in [-0.4, -0.2) is 30.5 Å². The Morgan fingerprint density at radius 1 is 1.30 bits per heavy atom. The van der Waals surface area contributed by atoms with E-state index in [2.05, 4.69) is 30.7 Å². The molecule has 4 heteroatoms. The number of hydrogen-bond donors (Lipinski definition) is 2. The van der Waals surface area contributed by atoms with E-state index in [0.717, 1.165) is 29.7 Å². The van der Waals surface area contributed by atoms with Gasteiger partial charge in [-0.05, 0) is 38.2 Å². The van der Waals surface area contributed by atoms with E-state index in [1.165, 1.54) is 0 Å². The zero-order chi connectivity index (χ0) is 15.2. The average molecular weight is 294 g/mol. The van der Waals surface area contributed by atoms with Gasteiger partial charge in [-0.25, -0.2) is 0 Å². The van der Waals surface area contributed by atoms with Crippen LogP contribution < -0.4 is 10.6 Å². The van der Waals surface area contributed by atoms with Gasteiger partial charge < -0.3 is 10.6 Å². The van der Waals surface area contributed by atoms with Crippen molar-refractivity contribution in [3.05, 3.63) is 29.3 Å². The van der Waals surface area contributed by atoms with Crippen molar-refractivity contribution in [2.24, 2.45) is 0 Å². The van der Waals surface area contributed by atoms with Gasteiger partial charge in [-0.3, -0.25) is 4.79 Å². The molecule has 0 fully saturated rings. The Labute approximate surface area is 126 Å². The van der Waals surface area contributed by atoms with Crippen molar-refractivity contribution in [3.63, 3.8) is 0 Å². The summed E-state index contributed by atoms with van der Waals surface area (Å²) < 4.78 is 0.138. The number of aryl methyl sites for hydroxylation is 1. The summed E-state index contributed by atoms with van der Waals surface area (Å²) in [5, 5.41) is 6.17. The minimum absolute atomic E-state index is 0.00150. The molecule has 112 valence electrons. The van der Waals surface area contributed by atoms with Crippen molar-refractivity contribution < 1.29 is 4.79 Å². The largest absolute Gasteiger partial charge is 0.387 e. The standard InChI is InChI=1S/C16H26N2OS/c1-6-16(7-2,20-5)11-18-15(19)13-10-12(3)8-9-14(13)17-4/h8-10,17H,6-7,11H2,1-5H3,(H,18,19). The van der Waals surface area contributed by atoms with Crippen molar-refractivity contribution in [3.8, 4) is 0 Å². The summed E-state index contributed by atoms with van der Waals surface area (Å²) in [4.78, 5) is 12.4. The number of carbonyl (C=O) groups is 1. The monoisotopic (exact) mass is 294 g/mol. The normalized spacial score (nSPS) is 11.2. The lowest BCUT2D eigenvalue weighted by molar-refractivity contribution is 0.0949. The van der Waals surface area contributed by atoms with Gasteiger partial charge in [0, 0.05) is 24.0 Å². The summed E-state index contributed by atoms with van der Waals surface area (Å²) in [5.41, 5.74) is 2.68. The van der Waals surface area contributed by atoms with E-state index in [1.807, 2.05) is 43.9 Å². The lowest BCUT2D eigenvalue weighted by Crippen LogP contribution is -2.39. The van der Waals surface area contributed by atoms with Gasteiger partial charge in [-0.1, -0.05) is 25.5 Å². The molecule has 0 bridgehead atoms. The maximum atomic E-state index is 12.4. The fourth-order valence-corrected chi connectivity index (χ4v) is 3.06. The van der Waals surface area contributed by atoms with E-state index in [4.69, 9.17) is 0 Å². The van der Waals surface area contributed by atoms with Gasteiger partial charge in [-0.2, -0.15) is 11.8 Å². The maximum Gasteiger partial charge on any atom is 0.253 e. The molecule has 3 nitrogen and oxygen atoms in total. The number of nitrogens with one attached hydrogen (secondary N) is 2. The third-order valence-corrected chi connectivity index (χ3v) is 5.57. The summed E-state index contributed by atoms with van der Waals surface area (Å²) in [6, 6.07) is 5.89. The number of carbonyl (C=O) groups excluding carboxylic acids is 1. The molecule has 0 aromatic heterocycles. The Balaban J connectivity index is 2.84. The van der Waals surface area contributed by atoms with Gasteiger partial charge in [0.1, 0.15) is 0 Å². The highest BCUT2D eigenvalue weighted by Gasteiger charge is 2.25. The van der Waals surface area contributed by atoms with E-state index in [-0.39, 0.29) is 10.7 Å². The molecule has 0 aliphatic heterocycles. The molecule has 1 rings (SSSR count). The predicted octanol–water partition coefficient (Wildman–Crippen LogP) is 3.69. The molecule has 0 spiro atoms. The van der Waals surface area contributed by atoms with Crippen LogP contribution in [0.2, 0.25) is 0 Å². The number of anilines is 1. The van der Waals surface area contributed by atoms with Gasteiger partial charge in [0.05, 0.1) is 5.56 Å². The summed E-state index contributed by atoms with van der Waals surface area (Å²) in [6.45, 7) is 7.06. The van der Waals surface area contributed by atoms with Crippen LogP contribution in [0.3, 0.4) is 0 Å². The second kappa shape index (κ2) is 7.58. The van der Waals surface area contributed by atoms with Crippen LogP contribution in [-0.2, 0) is 0 Å². The summed E-state index contributed by atoms with van der Waals surface area (Å²) in [5.74, 6) is -0.00150. The first-order chi connectivity index (χ1) is 9.51. The van der Waals surface area contributed by atoms with Crippen molar-refractivity contribution in [2.75, 3.05) is 25.2 Å². The summed E-state index contributed by atoms with van der Waals surface area (Å²) in [7, 11) is 1.84. The zero-order valence-corrected chi connectivity index (χ0v) is 14.0. The Bertz CT molecular complexity index is 448. The Morgan fingerprint density at radius 3 is 2.45 bits per heavy atom. The number of thioether (sulfide) groups is 1. The Morgan fingerprint density at radius 2 is 1.95 bits per heavy atom. The molecule has 0 saturated heterocycles. The van der Waals surface area contributed by atoms with E-state index in [0.29, 0.717) is 6.54 Å². The molecule has 1 amide bonds. The molecule has 2 N–H and O–H groups in total. The number of amides is 1. The van der Waals surface area contributed by atoms with E-state index >= 15 is 0 Å². The number of hydrogen-bond acceptors (Lipinski definition) is 3. The average Bonchev–Trinajstić information content (AvgIpc) is 2.49. The van der Waals surface area contributed by atoms with Crippen molar-refractivity contribution in [2.45, 2.75) is 38.4 Å². The van der Waals surface area contributed by atoms with Crippen LogP contribution in [0, 0.1) is 6.92 Å². The quantitative estimate of drug-likeness (QED) is 0.806. The highest BCUT2D eigenvalue weighted by Crippen LogP contribution is 2.29. The first-order valence-electron chi connectivity index (χ1n) is 7.13. The van der Waals surface area contributed by atoms with Gasteiger partial charge in [0.2, 0.25) is 0 Å². The predicted molar refractivity (Wildman–Crippen MR) is 89.9 cm³/mol. The fourth-order valence-electron chi connectivity index (χ4n) is 2.26. The molecule has 1 aromatic rings. The first kappa shape index (κ1) is 16.9. The molecule has 0 aliphatic carbocycles. The van der Waals surface area contributed by atoms with Crippen LogP contribution in [0.5, 0.6) is 0 Å². The van der Waals surface area contributed by atoms with Crippen LogP contribution >= 0.6 is 11.8 Å². The topological polar surface area (TPSA) is 41.1 Å². The molecule has 0 aliphatic rings. The van der Waals surface area contributed by atoms with Crippen LogP contribution in [0.15, 0.2) is 18.2 Å². The molecule has 0 unspecified atom stereocenters. The molecule has 0 saturated carbocycles. The van der Waals surface area contributed by atoms with Gasteiger partial charge >= 0.3 is 0 Å². The molecule has 0 atom stereocenters. The van der Waals surface area contributed by atoms with Crippen LogP contribution in [0.1, 0.15) is 42.6 Å². The Kier molecular flexibility index (Phi) is 6.40. The van der Waals surface area contributed by atoms with Gasteiger partial charge in [0.15, 0.2) is 0 Å². The third-order valence-electron chi connectivity index (χ3n) is 3.98. The lowest BCUT2D eigenvalue weighted by atomic mass is 10.0. The highest BCUT2D eigenvalue weighted by atomic mass is 32.2. The second-order valence-corrected chi connectivity index (χ2v) is 6.35. The maximum absolute atomic E-state index is 12.4. The summed E-state index contributed by atoms with van der Waals surface area (Å²) in [6.07, 6.45) is 4.22. The van der Waals surface area contributed by atoms with Crippen LogP contribution in [0.4, 0.5) is 5.69 Å². The number of benzene rings is 1. The van der Waals surface area contributed by atoms with E-state index in [9.17, 15) is 4.79 Å². The molecule has 0 heterocycles. The van der Waals surface area contributed by atoms with Crippen molar-refractivity contribution in [1.82, 2.24) is 5.32 Å². The minimum atomic E-state index is -0.00150. The smallest absolute Gasteiger partial charge is 0.253 e. The van der Waals surface area contributed by atoms with E-state index in [1.54, 1.807) is 0 Å². The fraction of sp³-hybridized carbons (Fsp3) is 0.562. The van der Waals surface area contributed by atoms with Crippen molar-refractivity contribution >= 4 is 23.4 Å². The second-order valence-electron chi connectivity index (χ2n) is 5.08. The third kappa shape index (κ3) is 3.92. The molecule has 0 radical (unpaired) electrons. The minimum Gasteiger partial charge on any atom is -0.387 e. The zero-order valence-electron chi connectivity index (χ0n) is 13.2. The first-order valence-corrected chi connectivity index (χ1v) is 8.36. The van der Waals surface area contributed by atoms with Crippen LogP contribution in [0.25, 0.3) is 0 Å². The molecule has 20 heavy (non-hydrogen) atoms.